The molecule has 144 valence electrons. The Hall–Kier alpha value is -3.16. The fraction of sp³-hybridized carbons (Fsp3) is 0.0455. The van der Waals surface area contributed by atoms with E-state index in [4.69, 9.17) is 4.74 Å². The van der Waals surface area contributed by atoms with Crippen molar-refractivity contribution in [2.75, 3.05) is 11.6 Å². The summed E-state index contributed by atoms with van der Waals surface area (Å²) in [5.41, 5.74) is 2.23. The zero-order valence-corrected chi connectivity index (χ0v) is 17.2. The van der Waals surface area contributed by atoms with Crippen LogP contribution in [0.1, 0.15) is 10.4 Å². The number of ether oxygens (including phenoxy) is 1. The van der Waals surface area contributed by atoms with Crippen LogP contribution in [0.15, 0.2) is 83.3 Å². The van der Waals surface area contributed by atoms with E-state index in [2.05, 4.69) is 15.3 Å². The highest BCUT2D eigenvalue weighted by Gasteiger charge is 2.14. The van der Waals surface area contributed by atoms with Gasteiger partial charge in [0, 0.05) is 17.1 Å². The smallest absolute Gasteiger partial charge is 0.260 e. The third-order valence-electron chi connectivity index (χ3n) is 4.04. The largest absolute Gasteiger partial charge is 0.457 e. The molecular formula is C22H17N3O2S2. The molecule has 29 heavy (non-hydrogen) atoms. The number of anilines is 1. The molecule has 0 atom stereocenters. The van der Waals surface area contributed by atoms with Crippen LogP contribution >= 0.6 is 23.1 Å². The molecule has 4 aromatic rings. The molecule has 0 aliphatic carbocycles. The number of amides is 1. The monoisotopic (exact) mass is 419 g/mol. The third kappa shape index (κ3) is 4.64. The van der Waals surface area contributed by atoms with Gasteiger partial charge in [0.15, 0.2) is 5.13 Å². The van der Waals surface area contributed by atoms with E-state index in [-0.39, 0.29) is 5.91 Å². The van der Waals surface area contributed by atoms with E-state index in [0.29, 0.717) is 15.7 Å². The second kappa shape index (κ2) is 8.89. The maximum atomic E-state index is 12.6. The number of thiazole rings is 1. The normalized spacial score (nSPS) is 10.5. The Bertz CT molecular complexity index is 1130. The number of nitrogens with one attached hydrogen (secondary N) is 1. The van der Waals surface area contributed by atoms with Crippen molar-refractivity contribution < 1.29 is 9.53 Å². The van der Waals surface area contributed by atoms with Crippen LogP contribution in [-0.2, 0) is 0 Å². The minimum absolute atomic E-state index is 0.218. The Morgan fingerprint density at radius 1 is 1.03 bits per heavy atom. The van der Waals surface area contributed by atoms with Gasteiger partial charge in [0.1, 0.15) is 16.5 Å². The lowest BCUT2D eigenvalue weighted by atomic mass is 10.1. The van der Waals surface area contributed by atoms with Crippen molar-refractivity contribution in [1.82, 2.24) is 9.97 Å². The zero-order chi connectivity index (χ0) is 20.1. The Morgan fingerprint density at radius 2 is 1.86 bits per heavy atom. The number of hydrogen-bond acceptors (Lipinski definition) is 6. The summed E-state index contributed by atoms with van der Waals surface area (Å²) in [5, 5.41) is 6.00. The number of carbonyl (C=O) groups excluding carboxylic acids is 1. The van der Waals surface area contributed by atoms with Gasteiger partial charge < -0.3 is 4.74 Å². The molecular weight excluding hydrogens is 402 g/mol. The first-order valence-corrected chi connectivity index (χ1v) is 10.9. The quantitative estimate of drug-likeness (QED) is 0.390. The summed E-state index contributed by atoms with van der Waals surface area (Å²) >= 11 is 2.82. The summed E-state index contributed by atoms with van der Waals surface area (Å²) in [5.74, 6) is 1.29. The van der Waals surface area contributed by atoms with Gasteiger partial charge in [0.05, 0.1) is 11.3 Å². The number of rotatable bonds is 6. The van der Waals surface area contributed by atoms with Crippen molar-refractivity contribution >= 4 is 34.1 Å². The van der Waals surface area contributed by atoms with Gasteiger partial charge in [-0.2, -0.15) is 0 Å². The standard InChI is InChI=1S/C22H17N3O2S2/c1-28-21-18(11-6-12-23-21)20(26)25-22-24-19(14-29-22)15-7-5-10-17(13-15)27-16-8-3-2-4-9-16/h2-14H,1H3,(H,24,25,26). The third-order valence-corrected chi connectivity index (χ3v) is 5.51. The number of aromatic nitrogens is 2. The molecule has 0 unspecified atom stereocenters. The summed E-state index contributed by atoms with van der Waals surface area (Å²) in [6.07, 6.45) is 3.57. The van der Waals surface area contributed by atoms with Gasteiger partial charge in [0.2, 0.25) is 0 Å². The average molecular weight is 420 g/mol. The van der Waals surface area contributed by atoms with E-state index in [1.807, 2.05) is 66.2 Å². The Kier molecular flexibility index (Phi) is 5.88. The summed E-state index contributed by atoms with van der Waals surface area (Å²) in [4.78, 5) is 21.4. The first kappa shape index (κ1) is 19.2. The molecule has 1 amide bonds. The summed E-state index contributed by atoms with van der Waals surface area (Å²) in [7, 11) is 0. The number of thioether (sulfide) groups is 1. The molecule has 0 fully saturated rings. The van der Waals surface area contributed by atoms with Gasteiger partial charge in [-0.1, -0.05) is 30.3 Å². The Labute approximate surface area is 176 Å². The number of nitrogens with zero attached hydrogens (tertiary/aromatic N) is 2. The molecule has 7 heteroatoms. The van der Waals surface area contributed by atoms with Crippen LogP contribution in [0.4, 0.5) is 5.13 Å². The van der Waals surface area contributed by atoms with E-state index >= 15 is 0 Å². The number of para-hydroxylation sites is 1. The molecule has 0 bridgehead atoms. The molecule has 0 spiro atoms. The van der Waals surface area contributed by atoms with Gasteiger partial charge in [-0.25, -0.2) is 9.97 Å². The molecule has 5 nitrogen and oxygen atoms in total. The summed E-state index contributed by atoms with van der Waals surface area (Å²) in [6, 6.07) is 20.8. The number of pyridine rings is 1. The maximum Gasteiger partial charge on any atom is 0.260 e. The first-order valence-electron chi connectivity index (χ1n) is 8.82. The number of carbonyl (C=O) groups is 1. The minimum atomic E-state index is -0.218. The van der Waals surface area contributed by atoms with E-state index in [0.717, 1.165) is 22.8 Å². The van der Waals surface area contributed by atoms with E-state index in [1.165, 1.54) is 23.1 Å². The molecule has 0 aliphatic rings. The molecule has 0 aliphatic heterocycles. The van der Waals surface area contributed by atoms with Crippen molar-refractivity contribution in [2.24, 2.45) is 0 Å². The molecule has 2 aromatic carbocycles. The molecule has 4 rings (SSSR count). The van der Waals surface area contributed by atoms with Crippen molar-refractivity contribution in [3.05, 3.63) is 83.9 Å². The topological polar surface area (TPSA) is 64.1 Å². The molecule has 2 aromatic heterocycles. The van der Waals surface area contributed by atoms with Crippen molar-refractivity contribution in [3.8, 4) is 22.8 Å². The highest BCUT2D eigenvalue weighted by atomic mass is 32.2. The van der Waals surface area contributed by atoms with Crippen molar-refractivity contribution in [3.63, 3.8) is 0 Å². The average Bonchev–Trinajstić information content (AvgIpc) is 3.23. The van der Waals surface area contributed by atoms with Gasteiger partial charge >= 0.3 is 0 Å². The predicted octanol–water partition coefficient (Wildman–Crippen LogP) is 5.97. The maximum absolute atomic E-state index is 12.6. The van der Waals surface area contributed by atoms with Crippen LogP contribution in [0.25, 0.3) is 11.3 Å². The zero-order valence-electron chi connectivity index (χ0n) is 15.5. The predicted molar refractivity (Wildman–Crippen MR) is 118 cm³/mol. The lowest BCUT2D eigenvalue weighted by Crippen LogP contribution is -2.13. The van der Waals surface area contributed by atoms with Gasteiger partial charge in [-0.05, 0) is 42.7 Å². The second-order valence-electron chi connectivity index (χ2n) is 6.00. The van der Waals surface area contributed by atoms with Gasteiger partial charge in [0.25, 0.3) is 5.91 Å². The number of benzene rings is 2. The van der Waals surface area contributed by atoms with E-state index < -0.39 is 0 Å². The van der Waals surface area contributed by atoms with Crippen LogP contribution in [0.3, 0.4) is 0 Å². The highest BCUT2D eigenvalue weighted by Crippen LogP contribution is 2.30. The second-order valence-corrected chi connectivity index (χ2v) is 7.65. The van der Waals surface area contributed by atoms with Gasteiger partial charge in [-0.3, -0.25) is 10.1 Å². The molecule has 0 saturated heterocycles. The lowest BCUT2D eigenvalue weighted by molar-refractivity contribution is 0.102. The molecule has 1 N–H and O–H groups in total. The lowest BCUT2D eigenvalue weighted by Gasteiger charge is -2.07. The van der Waals surface area contributed by atoms with Crippen LogP contribution in [0, 0.1) is 0 Å². The fourth-order valence-electron chi connectivity index (χ4n) is 2.70. The van der Waals surface area contributed by atoms with Crippen LogP contribution < -0.4 is 10.1 Å². The van der Waals surface area contributed by atoms with Crippen LogP contribution in [0.5, 0.6) is 11.5 Å². The summed E-state index contributed by atoms with van der Waals surface area (Å²) in [6.45, 7) is 0. The minimum Gasteiger partial charge on any atom is -0.457 e. The van der Waals surface area contributed by atoms with Crippen LogP contribution in [0.2, 0.25) is 0 Å². The fourth-order valence-corrected chi connectivity index (χ4v) is 3.96. The number of hydrogen-bond donors (Lipinski definition) is 1. The first-order chi connectivity index (χ1) is 14.2. The van der Waals surface area contributed by atoms with Crippen molar-refractivity contribution in [2.45, 2.75) is 5.03 Å². The Balaban J connectivity index is 1.50. The summed E-state index contributed by atoms with van der Waals surface area (Å²) < 4.78 is 5.89. The molecule has 0 saturated carbocycles. The van der Waals surface area contributed by atoms with E-state index in [1.54, 1.807) is 18.3 Å². The highest BCUT2D eigenvalue weighted by molar-refractivity contribution is 7.98. The van der Waals surface area contributed by atoms with E-state index in [9.17, 15) is 4.79 Å². The van der Waals surface area contributed by atoms with Gasteiger partial charge in [-0.15, -0.1) is 23.1 Å². The Morgan fingerprint density at radius 3 is 2.69 bits per heavy atom. The van der Waals surface area contributed by atoms with Crippen molar-refractivity contribution in [1.29, 1.82) is 0 Å². The van der Waals surface area contributed by atoms with Crippen LogP contribution in [-0.4, -0.2) is 22.1 Å². The SMILES string of the molecule is CSc1ncccc1C(=O)Nc1nc(-c2cccc(Oc3ccccc3)c2)cs1. The molecule has 2 heterocycles. The molecule has 0 radical (unpaired) electrons.